The number of aliphatic imine (C=N–C) groups is 1. The molecule has 0 bridgehead atoms. The van der Waals surface area contributed by atoms with E-state index in [1.165, 1.54) is 0 Å². The van der Waals surface area contributed by atoms with Crippen molar-refractivity contribution < 1.29 is 9.47 Å². The number of nitrogens with zero attached hydrogens (tertiary/aromatic N) is 3. The number of aromatic nitrogens is 2. The second-order valence-corrected chi connectivity index (χ2v) is 4.80. The van der Waals surface area contributed by atoms with Crippen LogP contribution < -0.4 is 10.6 Å². The van der Waals surface area contributed by atoms with Gasteiger partial charge >= 0.3 is 0 Å². The summed E-state index contributed by atoms with van der Waals surface area (Å²) in [6, 6.07) is 0. The van der Waals surface area contributed by atoms with Crippen molar-refractivity contribution in [1.82, 2.24) is 20.2 Å². The van der Waals surface area contributed by atoms with E-state index in [9.17, 15) is 0 Å². The molecular formula is C15H29N5O2. The van der Waals surface area contributed by atoms with Crippen molar-refractivity contribution in [2.24, 2.45) is 4.99 Å². The SMILES string of the molecule is CCNC(=NCCCn1ccnc1)NCCCOCCOC. The van der Waals surface area contributed by atoms with Gasteiger partial charge in [-0.25, -0.2) is 4.98 Å². The molecule has 0 unspecified atom stereocenters. The van der Waals surface area contributed by atoms with Crippen LogP contribution in [0.15, 0.2) is 23.7 Å². The van der Waals surface area contributed by atoms with Gasteiger partial charge in [0.2, 0.25) is 0 Å². The first-order chi connectivity index (χ1) is 10.9. The number of hydrogen-bond donors (Lipinski definition) is 2. The van der Waals surface area contributed by atoms with Crippen molar-refractivity contribution in [3.05, 3.63) is 18.7 Å². The van der Waals surface area contributed by atoms with E-state index in [0.717, 1.165) is 51.6 Å². The molecule has 0 aliphatic heterocycles. The molecule has 1 aromatic rings. The minimum absolute atomic E-state index is 0.647. The van der Waals surface area contributed by atoms with Crippen LogP contribution in [0.3, 0.4) is 0 Å². The summed E-state index contributed by atoms with van der Waals surface area (Å²) in [5, 5.41) is 6.56. The van der Waals surface area contributed by atoms with Crippen molar-refractivity contribution in [2.45, 2.75) is 26.3 Å². The van der Waals surface area contributed by atoms with Gasteiger partial charge in [-0.3, -0.25) is 4.99 Å². The van der Waals surface area contributed by atoms with Crippen molar-refractivity contribution in [2.75, 3.05) is 46.6 Å². The third-order valence-corrected chi connectivity index (χ3v) is 2.94. The monoisotopic (exact) mass is 311 g/mol. The number of imidazole rings is 1. The van der Waals surface area contributed by atoms with E-state index in [4.69, 9.17) is 9.47 Å². The number of nitrogens with one attached hydrogen (secondary N) is 2. The molecule has 0 aliphatic rings. The number of methoxy groups -OCH3 is 1. The lowest BCUT2D eigenvalue weighted by Crippen LogP contribution is -2.38. The Kier molecular flexibility index (Phi) is 11.0. The van der Waals surface area contributed by atoms with Crippen LogP contribution in [-0.2, 0) is 16.0 Å². The standard InChI is InChI=1S/C15H29N5O2/c1-3-17-15(19-7-5-11-22-13-12-21-2)18-6-4-9-20-10-8-16-14-20/h8,10,14H,3-7,9,11-13H2,1-2H3,(H2,17,18,19). The van der Waals surface area contributed by atoms with Gasteiger partial charge in [0.25, 0.3) is 0 Å². The Hall–Kier alpha value is -1.60. The topological polar surface area (TPSA) is 72.7 Å². The first-order valence-corrected chi connectivity index (χ1v) is 7.91. The van der Waals surface area contributed by atoms with Gasteiger partial charge in [-0.1, -0.05) is 0 Å². The van der Waals surface area contributed by atoms with E-state index in [0.29, 0.717) is 13.2 Å². The van der Waals surface area contributed by atoms with E-state index < -0.39 is 0 Å². The highest BCUT2D eigenvalue weighted by molar-refractivity contribution is 5.79. The van der Waals surface area contributed by atoms with E-state index in [-0.39, 0.29) is 0 Å². The lowest BCUT2D eigenvalue weighted by atomic mass is 10.4. The lowest BCUT2D eigenvalue weighted by molar-refractivity contribution is 0.0698. The fraction of sp³-hybridized carbons (Fsp3) is 0.733. The molecule has 0 aliphatic carbocycles. The van der Waals surface area contributed by atoms with E-state index in [1.807, 2.05) is 12.5 Å². The zero-order valence-corrected chi connectivity index (χ0v) is 13.8. The minimum atomic E-state index is 0.647. The van der Waals surface area contributed by atoms with E-state index in [1.54, 1.807) is 13.3 Å². The Morgan fingerprint density at radius 2 is 2.14 bits per heavy atom. The van der Waals surface area contributed by atoms with Crippen LogP contribution in [0.5, 0.6) is 0 Å². The summed E-state index contributed by atoms with van der Waals surface area (Å²) in [6.07, 6.45) is 7.54. The molecule has 0 saturated heterocycles. The molecule has 1 heterocycles. The normalized spacial score (nSPS) is 11.6. The Morgan fingerprint density at radius 1 is 1.23 bits per heavy atom. The van der Waals surface area contributed by atoms with Gasteiger partial charge < -0.3 is 24.7 Å². The fourth-order valence-electron chi connectivity index (χ4n) is 1.83. The number of hydrogen-bond acceptors (Lipinski definition) is 4. The minimum Gasteiger partial charge on any atom is -0.382 e. The molecule has 7 nitrogen and oxygen atoms in total. The van der Waals surface area contributed by atoms with Gasteiger partial charge in [-0.05, 0) is 19.8 Å². The maximum atomic E-state index is 5.42. The molecule has 22 heavy (non-hydrogen) atoms. The Labute approximate surface area is 133 Å². The molecule has 1 aromatic heterocycles. The second-order valence-electron chi connectivity index (χ2n) is 4.80. The molecule has 0 radical (unpaired) electrons. The summed E-state index contributed by atoms with van der Waals surface area (Å²) < 4.78 is 12.4. The first-order valence-electron chi connectivity index (χ1n) is 7.91. The van der Waals surface area contributed by atoms with Crippen LogP contribution in [-0.4, -0.2) is 62.1 Å². The van der Waals surface area contributed by atoms with Crippen LogP contribution in [0.2, 0.25) is 0 Å². The van der Waals surface area contributed by atoms with Gasteiger partial charge in [0.15, 0.2) is 5.96 Å². The molecule has 7 heteroatoms. The van der Waals surface area contributed by atoms with Crippen molar-refractivity contribution in [3.8, 4) is 0 Å². The zero-order chi connectivity index (χ0) is 15.9. The summed E-state index contributed by atoms with van der Waals surface area (Å²) >= 11 is 0. The van der Waals surface area contributed by atoms with Crippen molar-refractivity contribution in [3.63, 3.8) is 0 Å². The summed E-state index contributed by atoms with van der Waals surface area (Å²) in [5.74, 6) is 0.866. The van der Waals surface area contributed by atoms with Gasteiger partial charge in [0, 0.05) is 52.3 Å². The Balaban J connectivity index is 2.10. The average Bonchev–Trinajstić information content (AvgIpc) is 3.03. The molecule has 1 rings (SSSR count). The lowest BCUT2D eigenvalue weighted by Gasteiger charge is -2.11. The van der Waals surface area contributed by atoms with Crippen molar-refractivity contribution in [1.29, 1.82) is 0 Å². The molecule has 126 valence electrons. The van der Waals surface area contributed by atoms with Crippen LogP contribution >= 0.6 is 0 Å². The van der Waals surface area contributed by atoms with Crippen LogP contribution in [0.1, 0.15) is 19.8 Å². The predicted octanol–water partition coefficient (Wildman–Crippen LogP) is 0.881. The fourth-order valence-corrected chi connectivity index (χ4v) is 1.83. The van der Waals surface area contributed by atoms with E-state index >= 15 is 0 Å². The largest absolute Gasteiger partial charge is 0.382 e. The van der Waals surface area contributed by atoms with Gasteiger partial charge in [0.05, 0.1) is 19.5 Å². The maximum absolute atomic E-state index is 5.42. The molecule has 0 aromatic carbocycles. The van der Waals surface area contributed by atoms with Crippen LogP contribution in [0, 0.1) is 0 Å². The molecule has 0 spiro atoms. The average molecular weight is 311 g/mol. The molecular weight excluding hydrogens is 282 g/mol. The number of ether oxygens (including phenoxy) is 2. The van der Waals surface area contributed by atoms with Crippen LogP contribution in [0.25, 0.3) is 0 Å². The third kappa shape index (κ3) is 9.36. The Morgan fingerprint density at radius 3 is 2.86 bits per heavy atom. The van der Waals surface area contributed by atoms with E-state index in [2.05, 4.69) is 32.1 Å². The highest BCUT2D eigenvalue weighted by atomic mass is 16.5. The number of rotatable bonds is 12. The molecule has 0 fully saturated rings. The maximum Gasteiger partial charge on any atom is 0.191 e. The van der Waals surface area contributed by atoms with Gasteiger partial charge in [-0.15, -0.1) is 0 Å². The summed E-state index contributed by atoms with van der Waals surface area (Å²) in [4.78, 5) is 8.58. The number of guanidine groups is 1. The quantitative estimate of drug-likeness (QED) is 0.341. The third-order valence-electron chi connectivity index (χ3n) is 2.94. The second kappa shape index (κ2) is 13.1. The molecule has 0 atom stereocenters. The molecule has 2 N–H and O–H groups in total. The first kappa shape index (κ1) is 18.4. The summed E-state index contributed by atoms with van der Waals surface area (Å²) in [7, 11) is 1.68. The molecule has 0 amide bonds. The summed E-state index contributed by atoms with van der Waals surface area (Å²) in [6.45, 7) is 7.53. The van der Waals surface area contributed by atoms with Gasteiger partial charge in [-0.2, -0.15) is 0 Å². The summed E-state index contributed by atoms with van der Waals surface area (Å²) in [5.41, 5.74) is 0. The Bertz CT molecular complexity index is 381. The molecule has 0 saturated carbocycles. The number of aryl methyl sites for hydroxylation is 1. The predicted molar refractivity (Wildman–Crippen MR) is 88.1 cm³/mol. The smallest absolute Gasteiger partial charge is 0.191 e. The highest BCUT2D eigenvalue weighted by Gasteiger charge is 1.97. The highest BCUT2D eigenvalue weighted by Crippen LogP contribution is 1.91. The van der Waals surface area contributed by atoms with Gasteiger partial charge in [0.1, 0.15) is 0 Å². The van der Waals surface area contributed by atoms with Crippen molar-refractivity contribution >= 4 is 5.96 Å². The van der Waals surface area contributed by atoms with Crippen LogP contribution in [0.4, 0.5) is 0 Å². The zero-order valence-electron chi connectivity index (χ0n) is 13.8.